The lowest BCUT2D eigenvalue weighted by Crippen LogP contribution is -2.24. The maximum atomic E-state index is 12.0. The van der Waals surface area contributed by atoms with E-state index in [-0.39, 0.29) is 19.3 Å². The molecule has 2 aromatic carbocycles. The van der Waals surface area contributed by atoms with Crippen LogP contribution >= 0.6 is 23.5 Å². The molecule has 0 aliphatic carbocycles. The first-order chi connectivity index (χ1) is 14.2. The zero-order valence-corrected chi connectivity index (χ0v) is 17.4. The summed E-state index contributed by atoms with van der Waals surface area (Å²) in [6.07, 6.45) is 1.49. The summed E-state index contributed by atoms with van der Waals surface area (Å²) >= 11 is 3.91. The Balaban J connectivity index is 1.28. The molecule has 1 fully saturated rings. The van der Waals surface area contributed by atoms with Gasteiger partial charge in [0.15, 0.2) is 18.1 Å². The first-order valence-electron chi connectivity index (χ1n) is 8.98. The lowest BCUT2D eigenvalue weighted by Gasteiger charge is -2.10. The Kier molecular flexibility index (Phi) is 6.36. The van der Waals surface area contributed by atoms with E-state index in [1.54, 1.807) is 19.2 Å². The average molecular weight is 433 g/mol. The van der Waals surface area contributed by atoms with Gasteiger partial charge < -0.3 is 18.9 Å². The molecule has 0 unspecified atom stereocenters. The van der Waals surface area contributed by atoms with Gasteiger partial charge in [-0.1, -0.05) is 12.1 Å². The Morgan fingerprint density at radius 1 is 1.21 bits per heavy atom. The number of benzene rings is 2. The van der Waals surface area contributed by atoms with E-state index in [0.29, 0.717) is 33.1 Å². The van der Waals surface area contributed by atoms with E-state index in [2.05, 4.69) is 10.5 Å². The number of carbonyl (C=O) groups is 1. The summed E-state index contributed by atoms with van der Waals surface area (Å²) in [5, 5.41) is 3.97. The number of hydrogen-bond donors (Lipinski definition) is 1. The topological polar surface area (TPSA) is 78.4 Å². The van der Waals surface area contributed by atoms with Crippen LogP contribution in [0.2, 0.25) is 0 Å². The van der Waals surface area contributed by atoms with Crippen LogP contribution in [0.4, 0.5) is 0 Å². The molecular formula is C20H20N2O5S2. The predicted molar refractivity (Wildman–Crippen MR) is 114 cm³/mol. The summed E-state index contributed by atoms with van der Waals surface area (Å²) in [4.78, 5) is 12.0. The number of nitrogens with zero attached hydrogens (tertiary/aromatic N) is 1. The number of nitrogens with one attached hydrogen (secondary N) is 1. The first-order valence-corrected chi connectivity index (χ1v) is 11.1. The van der Waals surface area contributed by atoms with E-state index >= 15 is 0 Å². The molecule has 0 radical (unpaired) electrons. The average Bonchev–Trinajstić information content (AvgIpc) is 3.43. The highest BCUT2D eigenvalue weighted by Gasteiger charge is 2.18. The largest absolute Gasteiger partial charge is 0.496 e. The van der Waals surface area contributed by atoms with Crippen molar-refractivity contribution in [2.45, 2.75) is 4.58 Å². The lowest BCUT2D eigenvalue weighted by atomic mass is 10.2. The van der Waals surface area contributed by atoms with E-state index in [0.717, 1.165) is 0 Å². The molecule has 9 heteroatoms. The van der Waals surface area contributed by atoms with Crippen LogP contribution in [0.3, 0.4) is 0 Å². The maximum Gasteiger partial charge on any atom is 0.277 e. The molecule has 29 heavy (non-hydrogen) atoms. The highest BCUT2D eigenvalue weighted by atomic mass is 32.2. The summed E-state index contributed by atoms with van der Waals surface area (Å²) in [6, 6.07) is 11.4. The quantitative estimate of drug-likeness (QED) is 0.530. The Morgan fingerprint density at radius 3 is 2.66 bits per heavy atom. The van der Waals surface area contributed by atoms with Crippen molar-refractivity contribution in [2.24, 2.45) is 5.10 Å². The molecule has 0 saturated carbocycles. The van der Waals surface area contributed by atoms with Crippen molar-refractivity contribution < 1.29 is 23.7 Å². The number of methoxy groups -OCH3 is 1. The molecule has 1 saturated heterocycles. The number of ether oxygens (including phenoxy) is 4. The molecule has 7 nitrogen and oxygen atoms in total. The van der Waals surface area contributed by atoms with E-state index in [4.69, 9.17) is 18.9 Å². The molecule has 0 atom stereocenters. The molecule has 2 aromatic rings. The number of carbonyl (C=O) groups excluding carboxylic acids is 1. The molecule has 1 amide bonds. The van der Waals surface area contributed by atoms with E-state index in [1.807, 2.05) is 47.8 Å². The molecule has 2 aliphatic heterocycles. The first kappa shape index (κ1) is 19.8. The Morgan fingerprint density at radius 2 is 1.93 bits per heavy atom. The number of hydrogen-bond acceptors (Lipinski definition) is 8. The van der Waals surface area contributed by atoms with Crippen LogP contribution in [0.1, 0.15) is 15.7 Å². The van der Waals surface area contributed by atoms with Crippen molar-refractivity contribution in [2.75, 3.05) is 32.0 Å². The molecule has 0 spiro atoms. The molecule has 1 N–H and O–H groups in total. The zero-order chi connectivity index (χ0) is 20.1. The normalized spacial score (nSPS) is 15.6. The van der Waals surface area contributed by atoms with Crippen LogP contribution in [-0.4, -0.2) is 44.1 Å². The Bertz CT molecular complexity index is 898. The third-order valence-electron chi connectivity index (χ3n) is 4.26. The second-order valence-corrected chi connectivity index (χ2v) is 8.90. The minimum absolute atomic E-state index is 0.123. The van der Waals surface area contributed by atoms with Crippen molar-refractivity contribution in [3.63, 3.8) is 0 Å². The van der Waals surface area contributed by atoms with Crippen LogP contribution in [0.5, 0.6) is 23.0 Å². The molecule has 4 rings (SSSR count). The Labute approximate surface area is 177 Å². The van der Waals surface area contributed by atoms with Crippen molar-refractivity contribution in [3.05, 3.63) is 47.5 Å². The highest BCUT2D eigenvalue weighted by Crippen LogP contribution is 2.45. The number of hydrazone groups is 1. The van der Waals surface area contributed by atoms with Crippen LogP contribution in [-0.2, 0) is 4.79 Å². The fraction of sp³-hybridized carbons (Fsp3) is 0.300. The van der Waals surface area contributed by atoms with Gasteiger partial charge in [0.1, 0.15) is 11.5 Å². The van der Waals surface area contributed by atoms with Gasteiger partial charge in [0.05, 0.1) is 17.9 Å². The van der Waals surface area contributed by atoms with Crippen LogP contribution in [0, 0.1) is 0 Å². The molecule has 0 bridgehead atoms. The van der Waals surface area contributed by atoms with Gasteiger partial charge in [0, 0.05) is 23.1 Å². The monoisotopic (exact) mass is 432 g/mol. The second kappa shape index (κ2) is 9.32. The summed E-state index contributed by atoms with van der Waals surface area (Å²) in [5.41, 5.74) is 4.39. The zero-order valence-electron chi connectivity index (χ0n) is 15.8. The summed E-state index contributed by atoms with van der Waals surface area (Å²) < 4.78 is 22.0. The van der Waals surface area contributed by atoms with Crippen LogP contribution in [0.25, 0.3) is 0 Å². The van der Waals surface area contributed by atoms with E-state index in [9.17, 15) is 4.79 Å². The minimum Gasteiger partial charge on any atom is -0.496 e. The van der Waals surface area contributed by atoms with Gasteiger partial charge in [-0.15, -0.1) is 23.5 Å². The molecule has 0 aromatic heterocycles. The van der Waals surface area contributed by atoms with Gasteiger partial charge >= 0.3 is 0 Å². The van der Waals surface area contributed by atoms with Gasteiger partial charge in [-0.25, -0.2) is 5.43 Å². The van der Waals surface area contributed by atoms with Crippen molar-refractivity contribution in [1.82, 2.24) is 5.43 Å². The minimum atomic E-state index is -0.355. The van der Waals surface area contributed by atoms with Crippen molar-refractivity contribution >= 4 is 35.6 Å². The smallest absolute Gasteiger partial charge is 0.277 e. The fourth-order valence-electron chi connectivity index (χ4n) is 2.84. The number of amides is 1. The van der Waals surface area contributed by atoms with Gasteiger partial charge in [-0.05, 0) is 23.8 Å². The molecule has 152 valence electrons. The van der Waals surface area contributed by atoms with Crippen LogP contribution in [0.15, 0.2) is 41.5 Å². The molecular weight excluding hydrogens is 412 g/mol. The van der Waals surface area contributed by atoms with Gasteiger partial charge in [-0.3, -0.25) is 4.79 Å². The highest BCUT2D eigenvalue weighted by molar-refractivity contribution is 8.19. The van der Waals surface area contributed by atoms with Crippen LogP contribution < -0.4 is 24.4 Å². The number of fused-ring (bicyclic) bond motifs is 1. The third kappa shape index (κ3) is 4.91. The summed E-state index contributed by atoms with van der Waals surface area (Å²) in [6.45, 7) is 0.0500. The SMILES string of the molecule is COc1cc2c(cc1/C=N\NC(=O)COc1ccc(C3SCCS3)cc1)OCO2. The Hall–Kier alpha value is -2.52. The maximum absolute atomic E-state index is 12.0. The molecule has 2 aliphatic rings. The third-order valence-corrected chi connectivity index (χ3v) is 7.37. The fourth-order valence-corrected chi connectivity index (χ4v) is 5.70. The van der Waals surface area contributed by atoms with Gasteiger partial charge in [-0.2, -0.15) is 5.10 Å². The van der Waals surface area contributed by atoms with E-state index < -0.39 is 0 Å². The van der Waals surface area contributed by atoms with Gasteiger partial charge in [0.25, 0.3) is 5.91 Å². The predicted octanol–water partition coefficient (Wildman–Crippen LogP) is 3.43. The van der Waals surface area contributed by atoms with Crippen molar-refractivity contribution in [1.29, 1.82) is 0 Å². The number of rotatable bonds is 7. The standard InChI is InChI=1S/C20H20N2O5S2/c1-24-16-9-18-17(26-12-27-18)8-14(16)10-21-22-19(23)11-25-15-4-2-13(3-5-15)20-28-6-7-29-20/h2-5,8-10,20H,6-7,11-12H2,1H3,(H,22,23)/b21-10-. The summed E-state index contributed by atoms with van der Waals surface area (Å²) in [5.74, 6) is 4.47. The number of thioether (sulfide) groups is 2. The van der Waals surface area contributed by atoms with Gasteiger partial charge in [0.2, 0.25) is 6.79 Å². The van der Waals surface area contributed by atoms with Crippen molar-refractivity contribution in [3.8, 4) is 23.0 Å². The van der Waals surface area contributed by atoms with E-state index in [1.165, 1.54) is 23.3 Å². The molecule has 2 heterocycles. The summed E-state index contributed by atoms with van der Waals surface area (Å²) in [7, 11) is 1.55. The second-order valence-electron chi connectivity index (χ2n) is 6.17. The lowest BCUT2D eigenvalue weighted by molar-refractivity contribution is -0.123.